The Morgan fingerprint density at radius 1 is 1.41 bits per heavy atom. The van der Waals surface area contributed by atoms with Crippen LogP contribution in [0, 0.1) is 0 Å². The van der Waals surface area contributed by atoms with Gasteiger partial charge in [-0.1, -0.05) is 18.2 Å². The molecule has 1 aromatic heterocycles. The predicted molar refractivity (Wildman–Crippen MR) is 82.3 cm³/mol. The van der Waals surface area contributed by atoms with Crippen LogP contribution in [0.4, 0.5) is 11.5 Å². The van der Waals surface area contributed by atoms with Crippen molar-refractivity contribution in [2.45, 2.75) is 12.5 Å². The van der Waals surface area contributed by atoms with Crippen molar-refractivity contribution in [3.8, 4) is 0 Å². The molecule has 1 aliphatic rings. The number of aryl methyl sites for hydroxylation is 1. The Morgan fingerprint density at radius 3 is 2.91 bits per heavy atom. The van der Waals surface area contributed by atoms with E-state index in [1.54, 1.807) is 24.0 Å². The normalized spacial score (nSPS) is 17.3. The molecule has 0 radical (unpaired) electrons. The fraction of sp³-hybridized carbons (Fsp3) is 0.267. The van der Waals surface area contributed by atoms with E-state index in [0.29, 0.717) is 12.2 Å². The number of aromatic nitrogens is 2. The molecule has 0 bridgehead atoms. The molecule has 2 aromatic rings. The van der Waals surface area contributed by atoms with Gasteiger partial charge in [0.2, 0.25) is 11.8 Å². The highest BCUT2D eigenvalue weighted by Gasteiger charge is 2.31. The van der Waals surface area contributed by atoms with E-state index in [4.69, 9.17) is 5.73 Å². The van der Waals surface area contributed by atoms with Crippen LogP contribution in [0.25, 0.3) is 0 Å². The maximum atomic E-state index is 12.3. The van der Waals surface area contributed by atoms with Crippen molar-refractivity contribution >= 4 is 23.3 Å². The second-order valence-electron chi connectivity index (χ2n) is 5.29. The smallest absolute Gasteiger partial charge is 0.245 e. The molecule has 2 amide bonds. The van der Waals surface area contributed by atoms with Crippen LogP contribution >= 0.6 is 0 Å². The lowest BCUT2D eigenvalue weighted by molar-refractivity contribution is -0.122. The highest BCUT2D eigenvalue weighted by Crippen LogP contribution is 2.26. The van der Waals surface area contributed by atoms with Crippen molar-refractivity contribution in [3.05, 3.63) is 42.1 Å². The van der Waals surface area contributed by atoms with Gasteiger partial charge in [-0.3, -0.25) is 14.3 Å². The number of amides is 2. The Hall–Kier alpha value is -2.67. The Bertz CT molecular complexity index is 724. The van der Waals surface area contributed by atoms with Crippen LogP contribution in [-0.2, 0) is 23.1 Å². The molecular formula is C15H17N5O2. The average molecular weight is 299 g/mol. The lowest BCUT2D eigenvalue weighted by Gasteiger charge is -2.32. The summed E-state index contributed by atoms with van der Waals surface area (Å²) in [4.78, 5) is 25.9. The summed E-state index contributed by atoms with van der Waals surface area (Å²) in [6, 6.07) is 8.56. The summed E-state index contributed by atoms with van der Waals surface area (Å²) in [5.41, 5.74) is 7.59. The molecule has 0 saturated carbocycles. The van der Waals surface area contributed by atoms with E-state index in [9.17, 15) is 9.59 Å². The number of carbonyl (C=O) groups excluding carboxylic acids is 2. The number of carbonyl (C=O) groups is 2. The van der Waals surface area contributed by atoms with Crippen molar-refractivity contribution in [1.82, 2.24) is 9.78 Å². The number of nitrogens with one attached hydrogen (secondary N) is 1. The summed E-state index contributed by atoms with van der Waals surface area (Å²) in [6.07, 6.45) is 2.22. The van der Waals surface area contributed by atoms with Crippen LogP contribution in [0.3, 0.4) is 0 Å². The summed E-state index contributed by atoms with van der Waals surface area (Å²) in [5, 5.41) is 6.75. The lowest BCUT2D eigenvalue weighted by atomic mass is 9.98. The van der Waals surface area contributed by atoms with E-state index >= 15 is 0 Å². The molecule has 1 aromatic carbocycles. The maximum Gasteiger partial charge on any atom is 0.245 e. The Labute approximate surface area is 127 Å². The number of hydrogen-bond donors (Lipinski definition) is 2. The van der Waals surface area contributed by atoms with E-state index in [1.807, 2.05) is 24.3 Å². The van der Waals surface area contributed by atoms with Gasteiger partial charge in [0.25, 0.3) is 0 Å². The van der Waals surface area contributed by atoms with Crippen LogP contribution in [0.15, 0.2) is 36.5 Å². The van der Waals surface area contributed by atoms with E-state index in [1.165, 1.54) is 4.90 Å². The average Bonchev–Trinajstić information content (AvgIpc) is 2.89. The first-order valence-electron chi connectivity index (χ1n) is 6.99. The number of anilines is 2. The molecule has 1 aliphatic heterocycles. The summed E-state index contributed by atoms with van der Waals surface area (Å²) in [7, 11) is 1.76. The van der Waals surface area contributed by atoms with Crippen molar-refractivity contribution in [2.24, 2.45) is 12.8 Å². The fourth-order valence-electron chi connectivity index (χ4n) is 2.56. The number of nitrogens with zero attached hydrogens (tertiary/aromatic N) is 3. The van der Waals surface area contributed by atoms with Crippen molar-refractivity contribution < 1.29 is 9.59 Å². The van der Waals surface area contributed by atoms with Gasteiger partial charge < -0.3 is 16.0 Å². The molecule has 7 heteroatoms. The van der Waals surface area contributed by atoms with Crippen LogP contribution in [0.5, 0.6) is 0 Å². The topological polar surface area (TPSA) is 93.2 Å². The molecule has 1 atom stereocenters. The minimum absolute atomic E-state index is 0.0832. The van der Waals surface area contributed by atoms with E-state index in [0.717, 1.165) is 11.3 Å². The standard InChI is InChI=1S/C15H17N5O2/c1-19-7-6-13(18-19)17-14(21)9-20-12-5-3-2-4-10(12)8-11(16)15(20)22/h2-7,11H,8-9,16H2,1H3,(H,17,18,21). The van der Waals surface area contributed by atoms with Gasteiger partial charge in [0, 0.05) is 25.0 Å². The quantitative estimate of drug-likeness (QED) is 0.851. The number of nitrogens with two attached hydrogens (primary N) is 1. The van der Waals surface area contributed by atoms with Crippen molar-refractivity contribution in [2.75, 3.05) is 16.8 Å². The summed E-state index contributed by atoms with van der Waals surface area (Å²) < 4.78 is 1.59. The first-order valence-corrected chi connectivity index (χ1v) is 6.99. The zero-order chi connectivity index (χ0) is 15.7. The van der Waals surface area contributed by atoms with Gasteiger partial charge in [-0.2, -0.15) is 5.10 Å². The first kappa shape index (κ1) is 14.3. The largest absolute Gasteiger partial charge is 0.320 e. The molecule has 3 N–H and O–H groups in total. The Balaban J connectivity index is 1.78. The fourth-order valence-corrected chi connectivity index (χ4v) is 2.56. The summed E-state index contributed by atoms with van der Waals surface area (Å²) in [6.45, 7) is -0.0832. The molecule has 0 spiro atoms. The summed E-state index contributed by atoms with van der Waals surface area (Å²) >= 11 is 0. The highest BCUT2D eigenvalue weighted by molar-refractivity contribution is 6.06. The zero-order valence-electron chi connectivity index (χ0n) is 12.2. The van der Waals surface area contributed by atoms with Crippen molar-refractivity contribution in [1.29, 1.82) is 0 Å². The number of rotatable bonds is 3. The minimum Gasteiger partial charge on any atom is -0.320 e. The SMILES string of the molecule is Cn1ccc(NC(=O)CN2C(=O)C(N)Cc3ccccc32)n1. The van der Waals surface area contributed by atoms with Gasteiger partial charge in [0.05, 0.1) is 6.04 Å². The molecule has 1 unspecified atom stereocenters. The molecule has 3 rings (SSSR count). The third-order valence-corrected chi connectivity index (χ3v) is 3.59. The van der Waals surface area contributed by atoms with Gasteiger partial charge in [-0.05, 0) is 18.1 Å². The monoisotopic (exact) mass is 299 g/mol. The molecule has 7 nitrogen and oxygen atoms in total. The molecule has 0 fully saturated rings. The van der Waals surface area contributed by atoms with Gasteiger partial charge in [0.15, 0.2) is 5.82 Å². The Kier molecular flexibility index (Phi) is 3.64. The maximum absolute atomic E-state index is 12.3. The third-order valence-electron chi connectivity index (χ3n) is 3.59. The third kappa shape index (κ3) is 2.71. The summed E-state index contributed by atoms with van der Waals surface area (Å²) in [5.74, 6) is -0.0969. The molecule has 22 heavy (non-hydrogen) atoms. The van der Waals surface area contributed by atoms with E-state index < -0.39 is 6.04 Å². The minimum atomic E-state index is -0.613. The van der Waals surface area contributed by atoms with Crippen LogP contribution < -0.4 is 16.0 Å². The van der Waals surface area contributed by atoms with Crippen LogP contribution in [-0.4, -0.2) is 34.2 Å². The predicted octanol–water partition coefficient (Wildman–Crippen LogP) is 0.275. The molecule has 114 valence electrons. The number of para-hydroxylation sites is 1. The van der Waals surface area contributed by atoms with Crippen LogP contribution in [0.1, 0.15) is 5.56 Å². The van der Waals surface area contributed by atoms with Gasteiger partial charge in [-0.25, -0.2) is 0 Å². The highest BCUT2D eigenvalue weighted by atomic mass is 16.2. The van der Waals surface area contributed by atoms with Crippen molar-refractivity contribution in [3.63, 3.8) is 0 Å². The molecular weight excluding hydrogens is 282 g/mol. The first-order chi connectivity index (χ1) is 10.5. The lowest BCUT2D eigenvalue weighted by Crippen LogP contribution is -2.51. The van der Waals surface area contributed by atoms with E-state index in [2.05, 4.69) is 10.4 Å². The molecule has 0 saturated heterocycles. The molecule has 0 aliphatic carbocycles. The van der Waals surface area contributed by atoms with Crippen LogP contribution in [0.2, 0.25) is 0 Å². The number of fused-ring (bicyclic) bond motifs is 1. The second kappa shape index (κ2) is 5.61. The van der Waals surface area contributed by atoms with Gasteiger partial charge in [0.1, 0.15) is 6.54 Å². The molecule has 2 heterocycles. The second-order valence-corrected chi connectivity index (χ2v) is 5.29. The zero-order valence-corrected chi connectivity index (χ0v) is 12.2. The Morgan fingerprint density at radius 2 is 2.18 bits per heavy atom. The number of benzene rings is 1. The van der Waals surface area contributed by atoms with Gasteiger partial charge >= 0.3 is 0 Å². The van der Waals surface area contributed by atoms with Gasteiger partial charge in [-0.15, -0.1) is 0 Å². The van der Waals surface area contributed by atoms with E-state index in [-0.39, 0.29) is 18.4 Å². The number of hydrogen-bond acceptors (Lipinski definition) is 4.